The minimum atomic E-state index is -4.75. The molecule has 0 fully saturated rings. The Hall–Kier alpha value is 0.0600. The molecule has 2 rings (SSSR count). The van der Waals surface area contributed by atoms with Gasteiger partial charge in [-0.3, -0.25) is 0 Å². The fraction of sp³-hybridized carbons (Fsp3) is 0.500. The number of unbranched alkanes of at least 4 members (excludes halogenated alkanes) is 9. The van der Waals surface area contributed by atoms with Crippen molar-refractivity contribution in [3.63, 3.8) is 0 Å². The molecule has 0 bridgehead atoms. The van der Waals surface area contributed by atoms with Gasteiger partial charge in [0.05, 0.1) is 9.79 Å². The third-order valence-electron chi connectivity index (χ3n) is 5.45. The molecular weight excluding hydrogens is 510 g/mol. The average molecular weight is 543 g/mol. The van der Waals surface area contributed by atoms with Crippen LogP contribution in [0.1, 0.15) is 76.7 Å². The van der Waals surface area contributed by atoms with E-state index in [0.29, 0.717) is 18.4 Å². The summed E-state index contributed by atoms with van der Waals surface area (Å²) in [4.78, 5) is -0.822. The third kappa shape index (κ3) is 12.9. The molecule has 0 aliphatic heterocycles. The Kier molecular flexibility index (Phi) is 17.6. The van der Waals surface area contributed by atoms with Gasteiger partial charge in [-0.1, -0.05) is 76.8 Å². The number of benzene rings is 2. The number of para-hydroxylation sites is 1. The molecule has 35 heavy (non-hydrogen) atoms. The molecule has 11 heteroatoms. The average Bonchev–Trinajstić information content (AvgIpc) is 2.74. The molecule has 0 saturated heterocycles. The van der Waals surface area contributed by atoms with Gasteiger partial charge in [-0.05, 0) is 48.7 Å². The number of hydrogen-bond donors (Lipinski definition) is 0. The van der Waals surface area contributed by atoms with Gasteiger partial charge in [0.2, 0.25) is 0 Å². The molecule has 2 aromatic carbocycles. The molecule has 0 radical (unpaired) electrons. The van der Waals surface area contributed by atoms with E-state index in [1.165, 1.54) is 68.9 Å². The van der Waals surface area contributed by atoms with Gasteiger partial charge in [-0.2, -0.15) is 0 Å². The van der Waals surface area contributed by atoms with Gasteiger partial charge in [-0.25, -0.2) is 16.8 Å². The summed E-state index contributed by atoms with van der Waals surface area (Å²) in [6.07, 6.45) is 11.7. The molecule has 0 spiro atoms. The molecule has 2 aromatic rings. The fourth-order valence-corrected chi connectivity index (χ4v) is 5.05. The van der Waals surface area contributed by atoms with E-state index in [1.54, 1.807) is 0 Å². The summed E-state index contributed by atoms with van der Waals surface area (Å²) in [5, 5.41) is 0. The van der Waals surface area contributed by atoms with Crippen LogP contribution in [0.25, 0.3) is 0 Å². The van der Waals surface area contributed by atoms with Gasteiger partial charge in [-0.15, -0.1) is 0 Å². The molecule has 0 aliphatic rings. The van der Waals surface area contributed by atoms with Crippen LogP contribution in [0.2, 0.25) is 0 Å². The van der Waals surface area contributed by atoms with Crippen LogP contribution in [0, 0.1) is 0 Å². The van der Waals surface area contributed by atoms with Crippen molar-refractivity contribution in [3.8, 4) is 11.5 Å². The monoisotopic (exact) mass is 542 g/mol. The van der Waals surface area contributed by atoms with E-state index in [0.717, 1.165) is 31.4 Å². The van der Waals surface area contributed by atoms with Gasteiger partial charge in [0.25, 0.3) is 0 Å². The van der Waals surface area contributed by atoms with Crippen molar-refractivity contribution in [1.29, 1.82) is 0 Å². The number of hydrogen-bond acceptors (Lipinski definition) is 7. The van der Waals surface area contributed by atoms with Crippen molar-refractivity contribution < 1.29 is 89.8 Å². The SMILES string of the molecule is CCCCCCCCCCCCc1cc(Oc2ccccc2S(=O)(=O)[O-])ccc1S(=O)(=O)[O-].[Na+].[Na+]. The van der Waals surface area contributed by atoms with E-state index in [2.05, 4.69) is 6.92 Å². The van der Waals surface area contributed by atoms with Crippen molar-refractivity contribution in [2.75, 3.05) is 0 Å². The maximum absolute atomic E-state index is 11.7. The van der Waals surface area contributed by atoms with Gasteiger partial charge in [0.15, 0.2) is 0 Å². The van der Waals surface area contributed by atoms with Crippen LogP contribution in [0.4, 0.5) is 0 Å². The fourth-order valence-electron chi connectivity index (χ4n) is 3.73. The number of rotatable bonds is 15. The van der Waals surface area contributed by atoms with Crippen LogP contribution in [-0.4, -0.2) is 25.9 Å². The van der Waals surface area contributed by atoms with Crippen molar-refractivity contribution in [2.45, 2.75) is 87.3 Å². The zero-order chi connectivity index (χ0) is 24.3. The summed E-state index contributed by atoms with van der Waals surface area (Å²) in [7, 11) is -9.42. The maximum Gasteiger partial charge on any atom is 1.00 e. The summed E-state index contributed by atoms with van der Waals surface area (Å²) in [6.45, 7) is 2.20. The minimum absolute atomic E-state index is 0. The zero-order valence-corrected chi connectivity index (χ0v) is 26.6. The van der Waals surface area contributed by atoms with Crippen LogP contribution >= 0.6 is 0 Å². The second kappa shape index (κ2) is 17.5. The molecule has 0 atom stereocenters. The molecule has 0 heterocycles. The summed E-state index contributed by atoms with van der Waals surface area (Å²) < 4.78 is 75.0. The molecular formula is C24H32Na2O7S2. The largest absolute Gasteiger partial charge is 1.00 e. The van der Waals surface area contributed by atoms with Crippen molar-refractivity contribution >= 4 is 20.2 Å². The zero-order valence-electron chi connectivity index (χ0n) is 21.0. The van der Waals surface area contributed by atoms with Gasteiger partial charge in [0.1, 0.15) is 31.7 Å². The Morgan fingerprint density at radius 2 is 1.20 bits per heavy atom. The van der Waals surface area contributed by atoms with Crippen LogP contribution in [0.3, 0.4) is 0 Å². The molecule has 0 aromatic heterocycles. The smallest absolute Gasteiger partial charge is 0.744 e. The summed E-state index contributed by atoms with van der Waals surface area (Å²) in [5.41, 5.74) is 0.324. The number of aryl methyl sites for hydroxylation is 1. The second-order valence-corrected chi connectivity index (χ2v) is 10.9. The first-order chi connectivity index (χ1) is 15.6. The van der Waals surface area contributed by atoms with Crippen LogP contribution in [0.15, 0.2) is 52.3 Å². The van der Waals surface area contributed by atoms with Crippen LogP contribution in [0.5, 0.6) is 11.5 Å². The maximum atomic E-state index is 11.7. The Morgan fingerprint density at radius 3 is 1.74 bits per heavy atom. The molecule has 7 nitrogen and oxygen atoms in total. The molecule has 0 aliphatic carbocycles. The topological polar surface area (TPSA) is 124 Å². The predicted molar refractivity (Wildman–Crippen MR) is 124 cm³/mol. The Bertz CT molecular complexity index is 1100. The van der Waals surface area contributed by atoms with Crippen molar-refractivity contribution in [2.24, 2.45) is 0 Å². The molecule has 0 N–H and O–H groups in total. The van der Waals surface area contributed by atoms with E-state index in [9.17, 15) is 25.9 Å². The normalized spacial score (nSPS) is 11.4. The number of ether oxygens (including phenoxy) is 1. The van der Waals surface area contributed by atoms with Crippen molar-refractivity contribution in [3.05, 3.63) is 48.0 Å². The Balaban J connectivity index is 0.00000578. The first-order valence-electron chi connectivity index (χ1n) is 11.4. The van der Waals surface area contributed by atoms with E-state index < -0.39 is 25.1 Å². The van der Waals surface area contributed by atoms with Crippen LogP contribution in [-0.2, 0) is 26.7 Å². The van der Waals surface area contributed by atoms with E-state index in [4.69, 9.17) is 4.74 Å². The Morgan fingerprint density at radius 1 is 0.686 bits per heavy atom. The summed E-state index contributed by atoms with van der Waals surface area (Å²) >= 11 is 0. The van der Waals surface area contributed by atoms with Gasteiger partial charge < -0.3 is 13.8 Å². The van der Waals surface area contributed by atoms with Gasteiger partial charge >= 0.3 is 59.1 Å². The molecule has 0 unspecified atom stereocenters. The van der Waals surface area contributed by atoms with Crippen LogP contribution < -0.4 is 63.9 Å². The van der Waals surface area contributed by atoms with Crippen molar-refractivity contribution in [1.82, 2.24) is 0 Å². The quantitative estimate of drug-likeness (QED) is 0.173. The van der Waals surface area contributed by atoms with Gasteiger partial charge in [0, 0.05) is 0 Å². The first kappa shape index (κ1) is 35.1. The Labute approximate surface area is 254 Å². The third-order valence-corrected chi connectivity index (χ3v) is 7.26. The second-order valence-electron chi connectivity index (χ2n) is 8.16. The van der Waals surface area contributed by atoms with E-state index in [-0.39, 0.29) is 75.5 Å². The molecule has 184 valence electrons. The predicted octanol–water partition coefficient (Wildman–Crippen LogP) is -0.241. The summed E-state index contributed by atoms with van der Waals surface area (Å²) in [5.74, 6) is -0.00398. The standard InChI is InChI=1S/C24H34O7S2.2Na/c1-2-3-4-5-6-7-8-9-10-11-14-20-19-21(17-18-23(20)32(25,26)27)31-22-15-12-13-16-24(22)33(28,29)30;;/h12-13,15-19H,2-11,14H2,1H3,(H,25,26,27)(H,28,29,30);;/q;2*+1/p-2. The van der Waals surface area contributed by atoms with E-state index >= 15 is 0 Å². The molecule has 0 amide bonds. The minimum Gasteiger partial charge on any atom is -0.744 e. The molecule has 0 saturated carbocycles. The summed E-state index contributed by atoms with van der Waals surface area (Å²) in [6, 6.07) is 9.27. The first-order valence-corrected chi connectivity index (χ1v) is 14.3. The van der Waals surface area contributed by atoms with E-state index in [1.807, 2.05) is 0 Å².